The van der Waals surface area contributed by atoms with E-state index in [-0.39, 0.29) is 5.69 Å². The van der Waals surface area contributed by atoms with Crippen LogP contribution in [-0.2, 0) is 0 Å². The third-order valence-corrected chi connectivity index (χ3v) is 4.59. The number of benzene rings is 2. The molecule has 1 N–H and O–H groups in total. The lowest BCUT2D eigenvalue weighted by molar-refractivity contribution is 0.0691. The van der Waals surface area contributed by atoms with Gasteiger partial charge in [0.15, 0.2) is 5.69 Å². The van der Waals surface area contributed by atoms with E-state index >= 15 is 0 Å². The van der Waals surface area contributed by atoms with Gasteiger partial charge < -0.3 is 5.11 Å². The van der Waals surface area contributed by atoms with Gasteiger partial charge in [0.25, 0.3) is 0 Å². The predicted molar refractivity (Wildman–Crippen MR) is 97.1 cm³/mol. The lowest BCUT2D eigenvalue weighted by Gasteiger charge is -2.03. The number of rotatable bonds is 4. The summed E-state index contributed by atoms with van der Waals surface area (Å²) in [4.78, 5) is 15.0. The topological polar surface area (TPSA) is 68.0 Å². The molecule has 0 spiro atoms. The molecule has 0 saturated carbocycles. The molecule has 4 aromatic rings. The Morgan fingerprint density at radius 3 is 2.48 bits per heavy atom. The van der Waals surface area contributed by atoms with Gasteiger partial charge in [-0.3, -0.25) is 0 Å². The zero-order chi connectivity index (χ0) is 17.2. The van der Waals surface area contributed by atoms with Crippen molar-refractivity contribution in [2.75, 3.05) is 0 Å². The summed E-state index contributed by atoms with van der Waals surface area (Å²) in [6.45, 7) is 0. The SMILES string of the molecule is O=C(O)c1csc(-n2ccc(-c3cccc(-c4ccccc4)c3)n2)n1. The third-order valence-electron chi connectivity index (χ3n) is 3.76. The van der Waals surface area contributed by atoms with Crippen molar-refractivity contribution < 1.29 is 9.90 Å². The number of hydrogen-bond donors (Lipinski definition) is 1. The van der Waals surface area contributed by atoms with E-state index in [1.165, 1.54) is 16.7 Å². The van der Waals surface area contributed by atoms with E-state index in [2.05, 4.69) is 34.3 Å². The van der Waals surface area contributed by atoms with Crippen LogP contribution in [0.5, 0.6) is 0 Å². The van der Waals surface area contributed by atoms with Gasteiger partial charge in [0.05, 0.1) is 5.69 Å². The molecule has 0 fully saturated rings. The lowest BCUT2D eigenvalue weighted by Crippen LogP contribution is -1.99. The first kappa shape index (κ1) is 15.3. The van der Waals surface area contributed by atoms with Gasteiger partial charge in [-0.05, 0) is 23.3 Å². The fourth-order valence-corrected chi connectivity index (χ4v) is 3.27. The molecule has 2 aromatic carbocycles. The van der Waals surface area contributed by atoms with Gasteiger partial charge in [-0.2, -0.15) is 5.10 Å². The summed E-state index contributed by atoms with van der Waals surface area (Å²) in [5, 5.41) is 15.6. The van der Waals surface area contributed by atoms with Crippen molar-refractivity contribution in [1.82, 2.24) is 14.8 Å². The predicted octanol–water partition coefficient (Wildman–Crippen LogP) is 4.36. The van der Waals surface area contributed by atoms with E-state index in [4.69, 9.17) is 5.11 Å². The lowest BCUT2D eigenvalue weighted by atomic mass is 10.0. The van der Waals surface area contributed by atoms with Crippen molar-refractivity contribution >= 4 is 17.3 Å². The van der Waals surface area contributed by atoms with Crippen LogP contribution in [0, 0.1) is 0 Å². The first-order chi connectivity index (χ1) is 12.2. The molecule has 0 aliphatic rings. The Labute approximate surface area is 147 Å². The Kier molecular flexibility index (Phi) is 3.87. The molecule has 122 valence electrons. The Hall–Kier alpha value is -3.25. The highest BCUT2D eigenvalue weighted by Crippen LogP contribution is 2.26. The van der Waals surface area contributed by atoms with Crippen LogP contribution in [0.1, 0.15) is 10.5 Å². The third kappa shape index (κ3) is 3.07. The second-order valence-corrected chi connectivity index (χ2v) is 6.25. The second kappa shape index (κ2) is 6.33. The standard InChI is InChI=1S/C19H13N3O2S/c23-18(24)17-12-25-19(20-17)22-10-9-16(21-22)15-8-4-7-14(11-15)13-5-2-1-3-6-13/h1-12H,(H,23,24). The van der Waals surface area contributed by atoms with Gasteiger partial charge in [-0.25, -0.2) is 14.5 Å². The number of carbonyl (C=O) groups is 1. The van der Waals surface area contributed by atoms with Crippen LogP contribution in [-0.4, -0.2) is 25.8 Å². The molecule has 0 bridgehead atoms. The van der Waals surface area contributed by atoms with Crippen LogP contribution >= 0.6 is 11.3 Å². The maximum atomic E-state index is 11.0. The monoisotopic (exact) mass is 347 g/mol. The largest absolute Gasteiger partial charge is 0.476 e. The fraction of sp³-hybridized carbons (Fsp3) is 0. The molecule has 4 rings (SSSR count). The van der Waals surface area contributed by atoms with Gasteiger partial charge in [0.2, 0.25) is 5.13 Å². The average molecular weight is 347 g/mol. The van der Waals surface area contributed by atoms with Gasteiger partial charge in [-0.1, -0.05) is 48.5 Å². The van der Waals surface area contributed by atoms with Crippen LogP contribution < -0.4 is 0 Å². The number of carboxylic acids is 1. The van der Waals surface area contributed by atoms with Gasteiger partial charge in [-0.15, -0.1) is 11.3 Å². The summed E-state index contributed by atoms with van der Waals surface area (Å²) in [5.41, 5.74) is 4.10. The molecule has 25 heavy (non-hydrogen) atoms. The minimum Gasteiger partial charge on any atom is -0.476 e. The van der Waals surface area contributed by atoms with Crippen molar-refractivity contribution in [1.29, 1.82) is 0 Å². The molecular formula is C19H13N3O2S. The second-order valence-electron chi connectivity index (χ2n) is 5.41. The summed E-state index contributed by atoms with van der Waals surface area (Å²) >= 11 is 1.25. The van der Waals surface area contributed by atoms with E-state index < -0.39 is 5.97 Å². The van der Waals surface area contributed by atoms with E-state index in [9.17, 15) is 4.79 Å². The number of aromatic nitrogens is 3. The van der Waals surface area contributed by atoms with Crippen LogP contribution in [0.15, 0.2) is 72.2 Å². The molecule has 0 saturated heterocycles. The molecular weight excluding hydrogens is 334 g/mol. The van der Waals surface area contributed by atoms with Crippen LogP contribution in [0.25, 0.3) is 27.5 Å². The highest BCUT2D eigenvalue weighted by atomic mass is 32.1. The molecule has 0 aliphatic carbocycles. The first-order valence-corrected chi connectivity index (χ1v) is 8.49. The maximum Gasteiger partial charge on any atom is 0.355 e. The number of thiazole rings is 1. The van der Waals surface area contributed by atoms with Crippen molar-refractivity contribution in [2.45, 2.75) is 0 Å². The zero-order valence-corrected chi connectivity index (χ0v) is 13.9. The van der Waals surface area contributed by atoms with Gasteiger partial charge in [0.1, 0.15) is 0 Å². The van der Waals surface area contributed by atoms with Crippen molar-refractivity contribution in [2.24, 2.45) is 0 Å². The van der Waals surface area contributed by atoms with Crippen molar-refractivity contribution in [3.05, 3.63) is 77.9 Å². The van der Waals surface area contributed by atoms with Gasteiger partial charge in [0, 0.05) is 17.1 Å². The molecule has 6 heteroatoms. The van der Waals surface area contributed by atoms with Crippen LogP contribution in [0.3, 0.4) is 0 Å². The Bertz CT molecular complexity index is 1040. The van der Waals surface area contributed by atoms with E-state index in [1.807, 2.05) is 36.4 Å². The molecule has 2 heterocycles. The number of aromatic carboxylic acids is 1. The highest BCUT2D eigenvalue weighted by Gasteiger charge is 2.11. The summed E-state index contributed by atoms with van der Waals surface area (Å²) in [5.74, 6) is -1.04. The molecule has 0 amide bonds. The average Bonchev–Trinajstić information content (AvgIpc) is 3.32. The highest BCUT2D eigenvalue weighted by molar-refractivity contribution is 7.12. The normalized spacial score (nSPS) is 10.7. The Balaban J connectivity index is 1.67. The van der Waals surface area contributed by atoms with Crippen molar-refractivity contribution in [3.63, 3.8) is 0 Å². The minimum absolute atomic E-state index is 0.0307. The summed E-state index contributed by atoms with van der Waals surface area (Å²) < 4.78 is 1.60. The van der Waals surface area contributed by atoms with Gasteiger partial charge >= 0.3 is 5.97 Å². The molecule has 0 unspecified atom stereocenters. The van der Waals surface area contributed by atoms with E-state index in [0.717, 1.165) is 22.4 Å². The molecule has 5 nitrogen and oxygen atoms in total. The van der Waals surface area contributed by atoms with Crippen molar-refractivity contribution in [3.8, 4) is 27.5 Å². The minimum atomic E-state index is -1.04. The van der Waals surface area contributed by atoms with Crippen LogP contribution in [0.4, 0.5) is 0 Å². The van der Waals surface area contributed by atoms with Crippen LogP contribution in [0.2, 0.25) is 0 Å². The first-order valence-electron chi connectivity index (χ1n) is 7.61. The molecule has 2 aromatic heterocycles. The summed E-state index contributed by atoms with van der Waals surface area (Å²) in [6.07, 6.45) is 1.79. The smallest absolute Gasteiger partial charge is 0.355 e. The summed E-state index contributed by atoms with van der Waals surface area (Å²) in [7, 11) is 0. The number of nitrogens with zero attached hydrogens (tertiary/aromatic N) is 3. The van der Waals surface area contributed by atoms with E-state index in [0.29, 0.717) is 5.13 Å². The maximum absolute atomic E-state index is 11.0. The molecule has 0 radical (unpaired) electrons. The fourth-order valence-electron chi connectivity index (χ4n) is 2.54. The Morgan fingerprint density at radius 2 is 1.72 bits per heavy atom. The molecule has 0 aliphatic heterocycles. The summed E-state index contributed by atoms with van der Waals surface area (Å²) in [6, 6.07) is 20.2. The van der Waals surface area contributed by atoms with E-state index in [1.54, 1.807) is 10.9 Å². The zero-order valence-electron chi connectivity index (χ0n) is 13.0. The number of hydrogen-bond acceptors (Lipinski definition) is 4. The Morgan fingerprint density at radius 1 is 0.960 bits per heavy atom. The molecule has 0 atom stereocenters. The quantitative estimate of drug-likeness (QED) is 0.595. The number of carboxylic acid groups (broad SMARTS) is 1.